The summed E-state index contributed by atoms with van der Waals surface area (Å²) < 4.78 is 0. The van der Waals surface area contributed by atoms with Crippen LogP contribution in [0.4, 0.5) is 5.69 Å². The van der Waals surface area contributed by atoms with Crippen LogP contribution >= 0.6 is 0 Å². The molecule has 2 aliphatic rings. The standard InChI is InChI=1S/C19H25N3O2/c1-15-8-7-9-16(14-15)22-18(23)11-10-17(20-22)19(24)21-12-5-3-2-4-6-13-21/h7-9,14H,2-6,10-13H2,1H3. The highest BCUT2D eigenvalue weighted by Crippen LogP contribution is 2.22. The van der Waals surface area contributed by atoms with E-state index in [0.29, 0.717) is 18.6 Å². The second-order valence-electron chi connectivity index (χ2n) is 6.65. The smallest absolute Gasteiger partial charge is 0.270 e. The Kier molecular flexibility index (Phi) is 5.28. The third-order valence-electron chi connectivity index (χ3n) is 4.67. The number of benzene rings is 1. The Labute approximate surface area is 143 Å². The highest BCUT2D eigenvalue weighted by Gasteiger charge is 2.28. The number of hydrazone groups is 1. The summed E-state index contributed by atoms with van der Waals surface area (Å²) in [6.45, 7) is 3.58. The lowest BCUT2D eigenvalue weighted by atomic mass is 10.1. The summed E-state index contributed by atoms with van der Waals surface area (Å²) in [5.41, 5.74) is 2.31. The molecule has 2 amide bonds. The van der Waals surface area contributed by atoms with Crippen LogP contribution in [0.15, 0.2) is 29.4 Å². The van der Waals surface area contributed by atoms with Crippen molar-refractivity contribution in [1.82, 2.24) is 4.90 Å². The summed E-state index contributed by atoms with van der Waals surface area (Å²) in [5.74, 6) is -0.0492. The van der Waals surface area contributed by atoms with Gasteiger partial charge in [-0.1, -0.05) is 31.4 Å². The van der Waals surface area contributed by atoms with Crippen LogP contribution in [0.3, 0.4) is 0 Å². The van der Waals surface area contributed by atoms with Gasteiger partial charge in [-0.2, -0.15) is 5.10 Å². The number of nitrogens with zero attached hydrogens (tertiary/aromatic N) is 3. The van der Waals surface area contributed by atoms with E-state index in [2.05, 4.69) is 5.10 Å². The van der Waals surface area contributed by atoms with Gasteiger partial charge in [0.1, 0.15) is 5.71 Å². The first kappa shape index (κ1) is 16.7. The fourth-order valence-electron chi connectivity index (χ4n) is 3.30. The molecule has 1 aromatic carbocycles. The molecular weight excluding hydrogens is 302 g/mol. The van der Waals surface area contributed by atoms with Crippen molar-refractivity contribution in [2.45, 2.75) is 51.9 Å². The number of rotatable bonds is 2. The Morgan fingerprint density at radius 3 is 2.46 bits per heavy atom. The van der Waals surface area contributed by atoms with Gasteiger partial charge in [-0.05, 0) is 37.5 Å². The van der Waals surface area contributed by atoms with Gasteiger partial charge in [-0.25, -0.2) is 5.01 Å². The topological polar surface area (TPSA) is 53.0 Å². The predicted octanol–water partition coefficient (Wildman–Crippen LogP) is 3.27. The monoisotopic (exact) mass is 327 g/mol. The first-order valence-electron chi connectivity index (χ1n) is 8.91. The Morgan fingerprint density at radius 2 is 1.75 bits per heavy atom. The van der Waals surface area contributed by atoms with E-state index in [1.807, 2.05) is 36.1 Å². The predicted molar refractivity (Wildman–Crippen MR) is 95.0 cm³/mol. The molecule has 1 fully saturated rings. The van der Waals surface area contributed by atoms with Gasteiger partial charge in [0.15, 0.2) is 0 Å². The number of hydrogen-bond donors (Lipinski definition) is 0. The summed E-state index contributed by atoms with van der Waals surface area (Å²) >= 11 is 0. The van der Waals surface area contributed by atoms with Crippen molar-refractivity contribution >= 4 is 23.2 Å². The number of likely N-dealkylation sites (tertiary alicyclic amines) is 1. The Morgan fingerprint density at radius 1 is 1.04 bits per heavy atom. The molecule has 128 valence electrons. The fraction of sp³-hybridized carbons (Fsp3) is 0.526. The zero-order chi connectivity index (χ0) is 16.9. The third kappa shape index (κ3) is 3.83. The van der Waals surface area contributed by atoms with Gasteiger partial charge >= 0.3 is 0 Å². The lowest BCUT2D eigenvalue weighted by Crippen LogP contribution is -2.42. The van der Waals surface area contributed by atoms with Crippen LogP contribution in [0.5, 0.6) is 0 Å². The van der Waals surface area contributed by atoms with Crippen molar-refractivity contribution < 1.29 is 9.59 Å². The van der Waals surface area contributed by atoms with E-state index in [4.69, 9.17) is 0 Å². The zero-order valence-electron chi connectivity index (χ0n) is 14.3. The summed E-state index contributed by atoms with van der Waals surface area (Å²) in [5, 5.41) is 5.81. The minimum absolute atomic E-state index is 0.00190. The molecular formula is C19H25N3O2. The van der Waals surface area contributed by atoms with E-state index < -0.39 is 0 Å². The van der Waals surface area contributed by atoms with Crippen molar-refractivity contribution in [2.24, 2.45) is 5.10 Å². The fourth-order valence-corrected chi connectivity index (χ4v) is 3.30. The average molecular weight is 327 g/mol. The highest BCUT2D eigenvalue weighted by atomic mass is 16.2. The van der Waals surface area contributed by atoms with Crippen LogP contribution in [-0.4, -0.2) is 35.5 Å². The molecule has 5 heteroatoms. The quantitative estimate of drug-likeness (QED) is 0.837. The van der Waals surface area contributed by atoms with Crippen LogP contribution in [0.2, 0.25) is 0 Å². The molecule has 1 aromatic rings. The molecule has 2 heterocycles. The van der Waals surface area contributed by atoms with Gasteiger partial charge in [0, 0.05) is 25.9 Å². The van der Waals surface area contributed by atoms with Crippen molar-refractivity contribution in [3.05, 3.63) is 29.8 Å². The van der Waals surface area contributed by atoms with Crippen molar-refractivity contribution in [2.75, 3.05) is 18.1 Å². The van der Waals surface area contributed by atoms with Crippen molar-refractivity contribution in [1.29, 1.82) is 0 Å². The number of hydrogen-bond acceptors (Lipinski definition) is 3. The largest absolute Gasteiger partial charge is 0.338 e. The van der Waals surface area contributed by atoms with Crippen molar-refractivity contribution in [3.63, 3.8) is 0 Å². The van der Waals surface area contributed by atoms with Crippen LogP contribution in [0.25, 0.3) is 0 Å². The summed E-state index contributed by atoms with van der Waals surface area (Å²) in [6.07, 6.45) is 6.52. The molecule has 24 heavy (non-hydrogen) atoms. The molecule has 5 nitrogen and oxygen atoms in total. The van der Waals surface area contributed by atoms with Crippen molar-refractivity contribution in [3.8, 4) is 0 Å². The molecule has 1 saturated heterocycles. The van der Waals surface area contributed by atoms with Crippen LogP contribution in [0, 0.1) is 6.92 Å². The zero-order valence-corrected chi connectivity index (χ0v) is 14.3. The second kappa shape index (κ2) is 7.60. The number of amides is 2. The number of aryl methyl sites for hydroxylation is 1. The van der Waals surface area contributed by atoms with E-state index in [9.17, 15) is 9.59 Å². The second-order valence-corrected chi connectivity index (χ2v) is 6.65. The lowest BCUT2D eigenvalue weighted by Gasteiger charge is -2.28. The molecule has 0 N–H and O–H groups in total. The minimum atomic E-state index is -0.0511. The molecule has 0 unspecified atom stereocenters. The Bertz CT molecular complexity index is 646. The normalized spacial score (nSPS) is 19.5. The van der Waals surface area contributed by atoms with Gasteiger partial charge in [0.25, 0.3) is 5.91 Å². The molecule has 2 aliphatic heterocycles. The lowest BCUT2D eigenvalue weighted by molar-refractivity contribution is -0.124. The Balaban J connectivity index is 1.80. The molecule has 0 radical (unpaired) electrons. The molecule has 0 saturated carbocycles. The van der Waals surface area contributed by atoms with Crippen LogP contribution in [0.1, 0.15) is 50.5 Å². The van der Waals surface area contributed by atoms with E-state index >= 15 is 0 Å². The maximum Gasteiger partial charge on any atom is 0.270 e. The van der Waals surface area contributed by atoms with Gasteiger partial charge in [0.05, 0.1) is 5.69 Å². The minimum Gasteiger partial charge on any atom is -0.338 e. The SMILES string of the molecule is Cc1cccc(N2N=C(C(=O)N3CCCCCCC3)CCC2=O)c1. The number of carbonyl (C=O) groups excluding carboxylic acids is 2. The molecule has 3 rings (SSSR count). The van der Waals surface area contributed by atoms with E-state index in [1.165, 1.54) is 24.3 Å². The number of anilines is 1. The van der Waals surface area contributed by atoms with Gasteiger partial charge in [-0.3, -0.25) is 9.59 Å². The first-order valence-corrected chi connectivity index (χ1v) is 8.91. The molecule has 0 aliphatic carbocycles. The van der Waals surface area contributed by atoms with Gasteiger partial charge in [-0.15, -0.1) is 0 Å². The molecule has 0 aromatic heterocycles. The molecule has 0 bridgehead atoms. The molecule has 0 atom stereocenters. The average Bonchev–Trinajstić information content (AvgIpc) is 2.54. The van der Waals surface area contributed by atoms with E-state index in [1.54, 1.807) is 0 Å². The third-order valence-corrected chi connectivity index (χ3v) is 4.67. The summed E-state index contributed by atoms with van der Waals surface area (Å²) in [7, 11) is 0. The van der Waals surface area contributed by atoms with Gasteiger partial charge < -0.3 is 4.90 Å². The van der Waals surface area contributed by atoms with Crippen LogP contribution in [-0.2, 0) is 9.59 Å². The summed E-state index contributed by atoms with van der Waals surface area (Å²) in [6, 6.07) is 7.67. The van der Waals surface area contributed by atoms with E-state index in [0.717, 1.165) is 37.2 Å². The van der Waals surface area contributed by atoms with E-state index in [-0.39, 0.29) is 11.8 Å². The molecule has 0 spiro atoms. The van der Waals surface area contributed by atoms with Gasteiger partial charge in [0.2, 0.25) is 5.91 Å². The Hall–Kier alpha value is -2.17. The highest BCUT2D eigenvalue weighted by molar-refractivity contribution is 6.40. The number of carbonyl (C=O) groups is 2. The first-order chi connectivity index (χ1) is 11.6. The summed E-state index contributed by atoms with van der Waals surface area (Å²) in [4.78, 5) is 27.0. The van der Waals surface area contributed by atoms with Crippen LogP contribution < -0.4 is 5.01 Å². The maximum atomic E-state index is 12.8. The maximum absolute atomic E-state index is 12.8.